The number of benzene rings is 1. The maximum absolute atomic E-state index is 5.42. The van der Waals surface area contributed by atoms with Crippen molar-refractivity contribution in [2.75, 3.05) is 26.7 Å². The van der Waals surface area contributed by atoms with Crippen molar-refractivity contribution in [3.05, 3.63) is 42.2 Å². The highest BCUT2D eigenvalue weighted by Crippen LogP contribution is 2.29. The smallest absolute Gasteiger partial charge is 0.162 e. The molecule has 0 radical (unpaired) electrons. The molecule has 0 spiro atoms. The van der Waals surface area contributed by atoms with E-state index in [0.29, 0.717) is 11.9 Å². The minimum atomic E-state index is 0.635. The summed E-state index contributed by atoms with van der Waals surface area (Å²) in [5, 5.41) is 0. The van der Waals surface area contributed by atoms with Gasteiger partial charge in [0.1, 0.15) is 5.75 Å². The molecule has 6 nitrogen and oxygen atoms in total. The van der Waals surface area contributed by atoms with Crippen molar-refractivity contribution in [3.8, 4) is 17.1 Å². The van der Waals surface area contributed by atoms with Crippen LogP contribution in [0.5, 0.6) is 5.75 Å². The molecule has 4 rings (SSSR count). The number of aromatic nitrogens is 2. The minimum Gasteiger partial charge on any atom is -0.496 e. The zero-order chi connectivity index (χ0) is 19.3. The first-order chi connectivity index (χ1) is 13.8. The quantitative estimate of drug-likeness (QED) is 0.802. The molecule has 2 unspecified atom stereocenters. The van der Waals surface area contributed by atoms with Gasteiger partial charge in [0.25, 0.3) is 0 Å². The van der Waals surface area contributed by atoms with Gasteiger partial charge in [0.05, 0.1) is 12.7 Å². The monoisotopic (exact) mass is 381 g/mol. The molecule has 0 bridgehead atoms. The standard InChI is InChI=1S/C22H31N5O/c1-3-17-14-25-26-21(17)18-8-10-27(11-9-18)15-16-12-23-22(24-13-16)19-6-4-5-7-20(19)28-2/h4-7,12-13,17-18,21,25-26H,3,8-11,14-15H2,1-2H3. The molecule has 0 amide bonds. The number of hydrazine groups is 1. The number of methoxy groups -OCH3 is 1. The summed E-state index contributed by atoms with van der Waals surface area (Å²) in [7, 11) is 1.68. The number of rotatable bonds is 6. The third-order valence-electron chi connectivity index (χ3n) is 6.26. The van der Waals surface area contributed by atoms with Crippen LogP contribution in [0.2, 0.25) is 0 Å². The summed E-state index contributed by atoms with van der Waals surface area (Å²) in [6.07, 6.45) is 7.68. The largest absolute Gasteiger partial charge is 0.496 e. The molecule has 1 aromatic carbocycles. The van der Waals surface area contributed by atoms with Crippen LogP contribution < -0.4 is 15.6 Å². The fourth-order valence-corrected chi connectivity index (χ4v) is 4.59. The average Bonchev–Trinajstić information content (AvgIpc) is 3.24. The Balaban J connectivity index is 1.33. The van der Waals surface area contributed by atoms with Crippen LogP contribution in [0.15, 0.2) is 36.7 Å². The van der Waals surface area contributed by atoms with E-state index in [1.54, 1.807) is 7.11 Å². The molecular weight excluding hydrogens is 350 g/mol. The molecule has 0 aliphatic carbocycles. The average molecular weight is 382 g/mol. The van der Waals surface area contributed by atoms with Crippen LogP contribution >= 0.6 is 0 Å². The van der Waals surface area contributed by atoms with Gasteiger partial charge < -0.3 is 4.74 Å². The third-order valence-corrected chi connectivity index (χ3v) is 6.26. The van der Waals surface area contributed by atoms with Gasteiger partial charge in [-0.1, -0.05) is 25.5 Å². The summed E-state index contributed by atoms with van der Waals surface area (Å²) in [5.41, 5.74) is 8.99. The first-order valence-corrected chi connectivity index (χ1v) is 10.4. The molecule has 6 heteroatoms. The highest BCUT2D eigenvalue weighted by molar-refractivity contribution is 5.63. The zero-order valence-corrected chi connectivity index (χ0v) is 16.9. The van der Waals surface area contributed by atoms with Gasteiger partial charge in [-0.3, -0.25) is 15.8 Å². The van der Waals surface area contributed by atoms with Gasteiger partial charge in [0.15, 0.2) is 5.82 Å². The van der Waals surface area contributed by atoms with Gasteiger partial charge in [-0.25, -0.2) is 9.97 Å². The van der Waals surface area contributed by atoms with Gasteiger partial charge in [-0.05, 0) is 49.9 Å². The topological polar surface area (TPSA) is 62.3 Å². The Morgan fingerprint density at radius 3 is 2.61 bits per heavy atom. The number of hydrogen-bond acceptors (Lipinski definition) is 6. The fraction of sp³-hybridized carbons (Fsp3) is 0.545. The lowest BCUT2D eigenvalue weighted by molar-refractivity contribution is 0.143. The second kappa shape index (κ2) is 8.99. The molecule has 2 aliphatic rings. The van der Waals surface area contributed by atoms with Crippen LogP contribution in [0.25, 0.3) is 11.4 Å². The number of para-hydroxylation sites is 1. The summed E-state index contributed by atoms with van der Waals surface area (Å²) in [5.74, 6) is 3.07. The van der Waals surface area contributed by atoms with Gasteiger partial charge in [-0.15, -0.1) is 0 Å². The van der Waals surface area contributed by atoms with E-state index in [9.17, 15) is 0 Å². The highest BCUT2D eigenvalue weighted by atomic mass is 16.5. The van der Waals surface area contributed by atoms with E-state index in [4.69, 9.17) is 4.74 Å². The Labute approximate surface area is 167 Å². The summed E-state index contributed by atoms with van der Waals surface area (Å²) in [4.78, 5) is 11.7. The lowest BCUT2D eigenvalue weighted by atomic mass is 9.82. The molecule has 3 heterocycles. The van der Waals surface area contributed by atoms with E-state index >= 15 is 0 Å². The Hall–Kier alpha value is -2.02. The Morgan fingerprint density at radius 1 is 1.14 bits per heavy atom. The minimum absolute atomic E-state index is 0.635. The van der Waals surface area contributed by atoms with Crippen LogP contribution in [0.3, 0.4) is 0 Å². The molecule has 150 valence electrons. The zero-order valence-electron chi connectivity index (χ0n) is 16.9. The molecule has 2 N–H and O–H groups in total. The molecule has 1 aromatic heterocycles. The van der Waals surface area contributed by atoms with E-state index < -0.39 is 0 Å². The highest BCUT2D eigenvalue weighted by Gasteiger charge is 2.34. The number of nitrogens with one attached hydrogen (secondary N) is 2. The predicted molar refractivity (Wildman–Crippen MR) is 111 cm³/mol. The van der Waals surface area contributed by atoms with Crippen LogP contribution in [0.4, 0.5) is 0 Å². The van der Waals surface area contributed by atoms with E-state index in [0.717, 1.165) is 49.3 Å². The summed E-state index contributed by atoms with van der Waals surface area (Å²) >= 11 is 0. The Kier molecular flexibility index (Phi) is 6.20. The second-order valence-corrected chi connectivity index (χ2v) is 7.95. The molecule has 2 fully saturated rings. The van der Waals surface area contributed by atoms with Crippen molar-refractivity contribution >= 4 is 0 Å². The van der Waals surface area contributed by atoms with Gasteiger partial charge in [0, 0.05) is 37.1 Å². The predicted octanol–water partition coefficient (Wildman–Crippen LogP) is 2.87. The van der Waals surface area contributed by atoms with E-state index in [-0.39, 0.29) is 0 Å². The summed E-state index contributed by atoms with van der Waals surface area (Å²) in [6, 6.07) is 8.51. The fourth-order valence-electron chi connectivity index (χ4n) is 4.59. The number of nitrogens with zero attached hydrogens (tertiary/aromatic N) is 3. The molecular formula is C22H31N5O. The number of ether oxygens (including phenoxy) is 1. The molecule has 2 aliphatic heterocycles. The molecule has 2 atom stereocenters. The number of hydrogen-bond donors (Lipinski definition) is 2. The summed E-state index contributed by atoms with van der Waals surface area (Å²) in [6.45, 7) is 6.63. The van der Waals surface area contributed by atoms with Crippen molar-refractivity contribution < 1.29 is 4.74 Å². The van der Waals surface area contributed by atoms with Gasteiger partial charge >= 0.3 is 0 Å². The maximum atomic E-state index is 5.42. The maximum Gasteiger partial charge on any atom is 0.162 e. The van der Waals surface area contributed by atoms with Crippen molar-refractivity contribution in [2.24, 2.45) is 11.8 Å². The normalized spacial score (nSPS) is 23.8. The van der Waals surface area contributed by atoms with Gasteiger partial charge in [-0.2, -0.15) is 0 Å². The molecule has 0 saturated carbocycles. The van der Waals surface area contributed by atoms with E-state index in [1.807, 2.05) is 36.7 Å². The molecule has 28 heavy (non-hydrogen) atoms. The molecule has 2 saturated heterocycles. The Bertz CT molecular complexity index is 758. The first kappa shape index (κ1) is 19.3. The Morgan fingerprint density at radius 2 is 1.89 bits per heavy atom. The SMILES string of the molecule is CCC1CNNC1C1CCN(Cc2cnc(-c3ccccc3OC)nc2)CC1. The van der Waals surface area contributed by atoms with Crippen LogP contribution in [-0.4, -0.2) is 47.7 Å². The summed E-state index contributed by atoms with van der Waals surface area (Å²) < 4.78 is 5.42. The van der Waals surface area contributed by atoms with Crippen molar-refractivity contribution in [3.63, 3.8) is 0 Å². The van der Waals surface area contributed by atoms with Crippen molar-refractivity contribution in [1.29, 1.82) is 0 Å². The van der Waals surface area contributed by atoms with Crippen LogP contribution in [0.1, 0.15) is 31.7 Å². The number of piperidine rings is 1. The lowest BCUT2D eigenvalue weighted by Gasteiger charge is -2.36. The van der Waals surface area contributed by atoms with Crippen LogP contribution in [0, 0.1) is 11.8 Å². The third kappa shape index (κ3) is 4.19. The van der Waals surface area contributed by atoms with Crippen molar-refractivity contribution in [2.45, 2.75) is 38.8 Å². The molecule has 2 aromatic rings. The van der Waals surface area contributed by atoms with Crippen molar-refractivity contribution in [1.82, 2.24) is 25.7 Å². The lowest BCUT2D eigenvalue weighted by Crippen LogP contribution is -2.44. The van der Waals surface area contributed by atoms with E-state index in [1.165, 1.54) is 24.8 Å². The number of likely N-dealkylation sites (tertiary alicyclic amines) is 1. The van der Waals surface area contributed by atoms with Gasteiger partial charge in [0.2, 0.25) is 0 Å². The second-order valence-electron chi connectivity index (χ2n) is 7.95. The van der Waals surface area contributed by atoms with Crippen LogP contribution in [-0.2, 0) is 6.54 Å². The first-order valence-electron chi connectivity index (χ1n) is 10.4. The van der Waals surface area contributed by atoms with E-state index in [2.05, 4.69) is 32.6 Å².